The first-order chi connectivity index (χ1) is 15.7. The zero-order valence-electron chi connectivity index (χ0n) is 18.7. The van der Waals surface area contributed by atoms with Crippen LogP contribution in [0.1, 0.15) is 56.3 Å². The summed E-state index contributed by atoms with van der Waals surface area (Å²) in [5.41, 5.74) is 4.62. The van der Waals surface area contributed by atoms with Crippen LogP contribution in [0, 0.1) is 0 Å². The Kier molecular flexibility index (Phi) is 9.99. The van der Waals surface area contributed by atoms with Crippen molar-refractivity contribution in [3.63, 3.8) is 0 Å². The molecule has 0 unspecified atom stereocenters. The molecule has 0 aliphatic heterocycles. The number of nitrogen functional groups attached to an aromatic ring is 1. The number of aromatic nitrogens is 2. The normalized spacial score (nSPS) is 10.8. The Morgan fingerprint density at radius 2 is 1.82 bits per heavy atom. The van der Waals surface area contributed by atoms with Crippen LogP contribution in [0.4, 0.5) is 11.5 Å². The van der Waals surface area contributed by atoms with E-state index in [1.54, 1.807) is 0 Å². The van der Waals surface area contributed by atoms with Gasteiger partial charge in [-0.3, -0.25) is 19.1 Å². The van der Waals surface area contributed by atoms with Crippen molar-refractivity contribution < 1.29 is 14.3 Å². The van der Waals surface area contributed by atoms with Gasteiger partial charge in [-0.2, -0.15) is 0 Å². The fourth-order valence-electron chi connectivity index (χ4n) is 3.19. The summed E-state index contributed by atoms with van der Waals surface area (Å²) < 4.78 is 6.37. The molecule has 9 nitrogen and oxygen atoms in total. The summed E-state index contributed by atoms with van der Waals surface area (Å²) in [7, 11) is 0. The minimum absolute atomic E-state index is 0.0139. The van der Waals surface area contributed by atoms with Gasteiger partial charge in [0.05, 0.1) is 10.6 Å². The maximum Gasteiger partial charge on any atom is 0.340 e. The molecule has 0 radical (unpaired) electrons. The van der Waals surface area contributed by atoms with E-state index in [0.29, 0.717) is 19.4 Å². The minimum atomic E-state index is -0.834. The van der Waals surface area contributed by atoms with Gasteiger partial charge in [-0.25, -0.2) is 9.59 Å². The van der Waals surface area contributed by atoms with Crippen molar-refractivity contribution in [2.24, 2.45) is 0 Å². The average Bonchev–Trinajstić information content (AvgIpc) is 2.77. The molecule has 0 spiro atoms. The molecule has 0 atom stereocenters. The predicted octanol–water partition coefficient (Wildman–Crippen LogP) is 3.61. The van der Waals surface area contributed by atoms with E-state index in [9.17, 15) is 19.2 Å². The van der Waals surface area contributed by atoms with Gasteiger partial charge in [0.1, 0.15) is 5.82 Å². The number of hydrogen-bond donors (Lipinski definition) is 2. The fraction of sp³-hybridized carbons (Fsp3) is 0.455. The number of anilines is 2. The Morgan fingerprint density at radius 3 is 2.48 bits per heavy atom. The number of esters is 1. The van der Waals surface area contributed by atoms with Gasteiger partial charge in [-0.15, -0.1) is 0 Å². The lowest BCUT2D eigenvalue weighted by atomic mass is 10.2. The summed E-state index contributed by atoms with van der Waals surface area (Å²) >= 11 is 11.9. The number of hydrogen-bond acceptors (Lipinski definition) is 6. The third-order valence-electron chi connectivity index (χ3n) is 4.98. The van der Waals surface area contributed by atoms with E-state index in [2.05, 4.69) is 4.98 Å². The smallest absolute Gasteiger partial charge is 0.340 e. The van der Waals surface area contributed by atoms with E-state index in [1.807, 2.05) is 13.8 Å². The summed E-state index contributed by atoms with van der Waals surface area (Å²) in [5, 5.41) is 0.410. The molecule has 0 fully saturated rings. The van der Waals surface area contributed by atoms with Crippen LogP contribution in [-0.2, 0) is 16.1 Å². The number of ether oxygens (including phenoxy) is 1. The molecule has 2 aromatic rings. The van der Waals surface area contributed by atoms with Gasteiger partial charge in [0.2, 0.25) is 0 Å². The number of unbranched alkanes of at least 4 members (excludes halogenated alkanes) is 3. The van der Waals surface area contributed by atoms with E-state index in [0.717, 1.165) is 19.3 Å². The van der Waals surface area contributed by atoms with E-state index < -0.39 is 29.7 Å². The van der Waals surface area contributed by atoms with E-state index in [1.165, 1.54) is 27.7 Å². The number of carbonyl (C=O) groups excluding carboxylic acids is 2. The van der Waals surface area contributed by atoms with Crippen LogP contribution in [0.25, 0.3) is 0 Å². The van der Waals surface area contributed by atoms with Crippen molar-refractivity contribution in [3.05, 3.63) is 54.6 Å². The number of benzene rings is 1. The van der Waals surface area contributed by atoms with E-state index in [4.69, 9.17) is 33.7 Å². The summed E-state index contributed by atoms with van der Waals surface area (Å²) in [6, 6.07) is 4.30. The standard InChI is InChI=1S/C22H28Cl2N4O5/c1-3-5-7-11-27(18-19(25)28(10-6-4-2)22(32)26-20(18)30)17(29)13-33-21(31)15-12-14(23)8-9-16(15)24/h8-9,12H,3-7,10-11,13,25H2,1-2H3,(H,26,30,32). The maximum absolute atomic E-state index is 13.0. The van der Waals surface area contributed by atoms with Gasteiger partial charge < -0.3 is 15.4 Å². The van der Waals surface area contributed by atoms with Crippen LogP contribution in [0.3, 0.4) is 0 Å². The molecule has 3 N–H and O–H groups in total. The van der Waals surface area contributed by atoms with Crippen molar-refractivity contribution >= 4 is 46.6 Å². The number of nitrogens with two attached hydrogens (primary N) is 1. The SMILES string of the molecule is CCCCCN(C(=O)COC(=O)c1cc(Cl)ccc1Cl)c1c(N)n(CCCC)c(=O)[nH]c1=O. The molecule has 0 saturated heterocycles. The number of carbonyl (C=O) groups is 2. The van der Waals surface area contributed by atoms with Crippen LogP contribution >= 0.6 is 23.2 Å². The Hall–Kier alpha value is -2.78. The van der Waals surface area contributed by atoms with Crippen molar-refractivity contribution in [1.29, 1.82) is 0 Å². The molecule has 11 heteroatoms. The zero-order valence-corrected chi connectivity index (χ0v) is 20.2. The van der Waals surface area contributed by atoms with Crippen LogP contribution in [0.5, 0.6) is 0 Å². The first-order valence-electron chi connectivity index (χ1n) is 10.8. The van der Waals surface area contributed by atoms with Crippen LogP contribution < -0.4 is 21.9 Å². The van der Waals surface area contributed by atoms with Gasteiger partial charge in [-0.05, 0) is 31.0 Å². The number of H-pyrrole nitrogens is 1. The Bertz CT molecular complexity index is 1110. The number of aromatic amines is 1. The van der Waals surface area contributed by atoms with Crippen LogP contribution in [0.15, 0.2) is 27.8 Å². The second-order valence-electron chi connectivity index (χ2n) is 7.45. The first kappa shape index (κ1) is 26.5. The summed E-state index contributed by atoms with van der Waals surface area (Å²) in [5.74, 6) is -1.60. The lowest BCUT2D eigenvalue weighted by Gasteiger charge is -2.24. The first-order valence-corrected chi connectivity index (χ1v) is 11.5. The molecule has 1 aromatic heterocycles. The highest BCUT2D eigenvalue weighted by Gasteiger charge is 2.25. The molecule has 1 amide bonds. The monoisotopic (exact) mass is 498 g/mol. The van der Waals surface area contributed by atoms with Gasteiger partial charge in [0, 0.05) is 18.1 Å². The van der Waals surface area contributed by atoms with Gasteiger partial charge in [0.25, 0.3) is 11.5 Å². The summed E-state index contributed by atoms with van der Waals surface area (Å²) in [6.07, 6.45) is 3.74. The van der Waals surface area contributed by atoms with Crippen molar-refractivity contribution in [1.82, 2.24) is 9.55 Å². The van der Waals surface area contributed by atoms with E-state index in [-0.39, 0.29) is 33.7 Å². The largest absolute Gasteiger partial charge is 0.452 e. The Morgan fingerprint density at radius 1 is 1.12 bits per heavy atom. The highest BCUT2D eigenvalue weighted by molar-refractivity contribution is 6.35. The number of amides is 1. The molecular formula is C22H28Cl2N4O5. The number of nitrogens with one attached hydrogen (secondary N) is 1. The Balaban J connectivity index is 2.33. The average molecular weight is 499 g/mol. The number of halogens is 2. The van der Waals surface area contributed by atoms with Crippen molar-refractivity contribution in [2.75, 3.05) is 23.8 Å². The third-order valence-corrected chi connectivity index (χ3v) is 5.55. The molecule has 0 aliphatic carbocycles. The van der Waals surface area contributed by atoms with E-state index >= 15 is 0 Å². The molecule has 180 valence electrons. The van der Waals surface area contributed by atoms with Crippen molar-refractivity contribution in [2.45, 2.75) is 52.5 Å². The Labute approximate surface area is 201 Å². The molecule has 0 aliphatic rings. The maximum atomic E-state index is 13.0. The molecule has 1 heterocycles. The van der Waals surface area contributed by atoms with Gasteiger partial charge >= 0.3 is 11.7 Å². The van der Waals surface area contributed by atoms with Crippen LogP contribution in [0.2, 0.25) is 10.0 Å². The van der Waals surface area contributed by atoms with Crippen molar-refractivity contribution in [3.8, 4) is 0 Å². The van der Waals surface area contributed by atoms with Crippen LogP contribution in [-0.4, -0.2) is 34.6 Å². The highest BCUT2D eigenvalue weighted by atomic mass is 35.5. The number of nitrogens with zero attached hydrogens (tertiary/aromatic N) is 2. The summed E-state index contributed by atoms with van der Waals surface area (Å²) in [4.78, 5) is 53.7. The molecular weight excluding hydrogens is 471 g/mol. The van der Waals surface area contributed by atoms with Gasteiger partial charge in [-0.1, -0.05) is 56.3 Å². The lowest BCUT2D eigenvalue weighted by Crippen LogP contribution is -2.43. The molecule has 2 rings (SSSR count). The molecule has 0 saturated carbocycles. The zero-order chi connectivity index (χ0) is 24.5. The fourth-order valence-corrected chi connectivity index (χ4v) is 3.56. The highest BCUT2D eigenvalue weighted by Crippen LogP contribution is 2.22. The third kappa shape index (κ3) is 6.85. The topological polar surface area (TPSA) is 127 Å². The lowest BCUT2D eigenvalue weighted by molar-refractivity contribution is -0.121. The molecule has 0 bridgehead atoms. The molecule has 33 heavy (non-hydrogen) atoms. The number of rotatable bonds is 11. The quantitative estimate of drug-likeness (QED) is 0.359. The minimum Gasteiger partial charge on any atom is -0.452 e. The summed E-state index contributed by atoms with van der Waals surface area (Å²) in [6.45, 7) is 3.76. The molecule has 1 aromatic carbocycles. The second kappa shape index (κ2) is 12.5. The second-order valence-corrected chi connectivity index (χ2v) is 8.29. The van der Waals surface area contributed by atoms with Gasteiger partial charge in [0.15, 0.2) is 12.3 Å². The predicted molar refractivity (Wildman–Crippen MR) is 129 cm³/mol.